The average Bonchev–Trinajstić information content (AvgIpc) is 2.58. The predicted octanol–water partition coefficient (Wildman–Crippen LogP) is 3.02. The maximum Gasteiger partial charge on any atom is 0.416 e. The van der Waals surface area contributed by atoms with Crippen molar-refractivity contribution >= 4 is 45.5 Å². The molecule has 0 aliphatic carbocycles. The molecule has 0 unspecified atom stereocenters. The molecule has 0 heterocycles. The Hall–Kier alpha value is -2.79. The highest BCUT2D eigenvalue weighted by atomic mass is 35.5. The van der Waals surface area contributed by atoms with Crippen molar-refractivity contribution in [2.45, 2.75) is 18.0 Å². The van der Waals surface area contributed by atoms with Crippen molar-refractivity contribution in [3.05, 3.63) is 53.1 Å². The van der Waals surface area contributed by atoms with Crippen molar-refractivity contribution in [3.63, 3.8) is 0 Å². The number of carbonyl (C=O) groups excluding carboxylic acids is 1. The molecule has 2 aromatic rings. The van der Waals surface area contributed by atoms with Gasteiger partial charge < -0.3 is 16.4 Å². The lowest BCUT2D eigenvalue weighted by atomic mass is 10.1. The minimum absolute atomic E-state index is 0. The number of aryl methyl sites for hydroxylation is 1. The number of nitrogens with two attached hydrogens (primary N) is 2. The number of nitrogens with zero attached hydrogens (tertiary/aromatic N) is 2. The van der Waals surface area contributed by atoms with E-state index in [1.807, 2.05) is 0 Å². The molecule has 4 N–H and O–H groups in total. The number of sulfone groups is 1. The third-order valence-electron chi connectivity index (χ3n) is 4.11. The molecule has 0 radical (unpaired) electrons. The molecule has 0 saturated carbocycles. The zero-order valence-electron chi connectivity index (χ0n) is 16.2. The molecule has 164 valence electrons. The summed E-state index contributed by atoms with van der Waals surface area (Å²) in [7, 11) is -2.30. The number of aliphatic imine (C=N–C) groups is 1. The Morgan fingerprint density at radius 2 is 1.63 bits per heavy atom. The Morgan fingerprint density at radius 3 is 2.07 bits per heavy atom. The second-order valence-corrected chi connectivity index (χ2v) is 8.34. The molecule has 0 fully saturated rings. The number of hydrogen-bond donors (Lipinski definition) is 2. The van der Waals surface area contributed by atoms with E-state index in [0.29, 0.717) is 11.3 Å². The van der Waals surface area contributed by atoms with E-state index >= 15 is 0 Å². The number of anilines is 2. The van der Waals surface area contributed by atoms with Gasteiger partial charge in [-0.05, 0) is 48.9 Å². The number of carbonyl (C=O) groups is 1. The van der Waals surface area contributed by atoms with Gasteiger partial charge in [0.1, 0.15) is 0 Å². The van der Waals surface area contributed by atoms with Crippen LogP contribution >= 0.6 is 12.4 Å². The summed E-state index contributed by atoms with van der Waals surface area (Å²) in [5.41, 5.74) is 10.5. The molecule has 0 bridgehead atoms. The summed E-state index contributed by atoms with van der Waals surface area (Å²) < 4.78 is 62.9. The van der Waals surface area contributed by atoms with Crippen LogP contribution in [-0.4, -0.2) is 33.6 Å². The Labute approximate surface area is 177 Å². The first-order valence-electron chi connectivity index (χ1n) is 8.11. The van der Waals surface area contributed by atoms with Crippen LogP contribution in [0.15, 0.2) is 46.3 Å². The van der Waals surface area contributed by atoms with Gasteiger partial charge in [-0.15, -0.1) is 12.4 Å². The zero-order valence-corrected chi connectivity index (χ0v) is 17.8. The normalized spacial score (nSPS) is 11.4. The lowest BCUT2D eigenvalue weighted by molar-refractivity contribution is -0.137. The Morgan fingerprint density at radius 1 is 1.10 bits per heavy atom. The van der Waals surface area contributed by atoms with E-state index in [-0.39, 0.29) is 28.6 Å². The zero-order chi connectivity index (χ0) is 22.1. The lowest BCUT2D eigenvalue weighted by Crippen LogP contribution is -2.24. The van der Waals surface area contributed by atoms with Crippen LogP contribution < -0.4 is 16.4 Å². The van der Waals surface area contributed by atoms with Crippen LogP contribution in [0.25, 0.3) is 0 Å². The van der Waals surface area contributed by atoms with E-state index in [2.05, 4.69) is 4.99 Å². The van der Waals surface area contributed by atoms with Crippen molar-refractivity contribution in [1.29, 1.82) is 0 Å². The fraction of sp³-hybridized carbons (Fsp3) is 0.222. The van der Waals surface area contributed by atoms with Gasteiger partial charge in [-0.2, -0.15) is 18.2 Å². The van der Waals surface area contributed by atoms with Gasteiger partial charge in [0.15, 0.2) is 15.8 Å². The van der Waals surface area contributed by atoms with Crippen molar-refractivity contribution in [1.82, 2.24) is 0 Å². The van der Waals surface area contributed by atoms with E-state index in [0.717, 1.165) is 24.5 Å². The smallest absolute Gasteiger partial charge is 0.370 e. The van der Waals surface area contributed by atoms with Crippen LogP contribution in [0.2, 0.25) is 0 Å². The molecule has 2 aromatic carbocycles. The van der Waals surface area contributed by atoms with Gasteiger partial charge in [0.2, 0.25) is 0 Å². The fourth-order valence-corrected chi connectivity index (χ4v) is 3.56. The highest BCUT2D eigenvalue weighted by molar-refractivity contribution is 7.90. The molecule has 0 aliphatic heterocycles. The first-order valence-corrected chi connectivity index (χ1v) is 10.0. The Kier molecular flexibility index (Phi) is 7.51. The average molecular weight is 465 g/mol. The van der Waals surface area contributed by atoms with Crippen LogP contribution in [0.4, 0.5) is 24.5 Å². The molecule has 30 heavy (non-hydrogen) atoms. The first kappa shape index (κ1) is 25.2. The van der Waals surface area contributed by atoms with E-state index in [9.17, 15) is 26.4 Å². The molecule has 1 amide bonds. The van der Waals surface area contributed by atoms with Gasteiger partial charge in [-0.3, -0.25) is 4.79 Å². The number of amides is 1. The summed E-state index contributed by atoms with van der Waals surface area (Å²) in [6.45, 7) is 1.56. The highest BCUT2D eigenvalue weighted by Crippen LogP contribution is 2.35. The maximum atomic E-state index is 12.8. The molecular weight excluding hydrogens is 445 g/mol. The first-order chi connectivity index (χ1) is 13.2. The number of rotatable bonds is 4. The topological polar surface area (TPSA) is 119 Å². The summed E-state index contributed by atoms with van der Waals surface area (Å²) in [4.78, 5) is 16.8. The molecule has 0 aliphatic rings. The van der Waals surface area contributed by atoms with E-state index in [4.69, 9.17) is 11.5 Å². The third kappa shape index (κ3) is 5.63. The summed E-state index contributed by atoms with van der Waals surface area (Å²) >= 11 is 0. The van der Waals surface area contributed by atoms with Gasteiger partial charge in [0.05, 0.1) is 16.1 Å². The molecule has 0 spiro atoms. The van der Waals surface area contributed by atoms with E-state index in [1.54, 1.807) is 6.92 Å². The quantitative estimate of drug-likeness (QED) is 0.530. The Balaban J connectivity index is 0.00000450. The summed E-state index contributed by atoms with van der Waals surface area (Å²) in [6, 6.07) is 6.83. The number of halogens is 4. The van der Waals surface area contributed by atoms with Gasteiger partial charge in [-0.25, -0.2) is 8.42 Å². The third-order valence-corrected chi connectivity index (χ3v) is 5.24. The van der Waals surface area contributed by atoms with Crippen LogP contribution in [0, 0.1) is 6.92 Å². The number of hydrogen-bond acceptors (Lipinski definition) is 4. The molecule has 12 heteroatoms. The van der Waals surface area contributed by atoms with Crippen LogP contribution in [-0.2, 0) is 16.0 Å². The second kappa shape index (κ2) is 8.92. The largest absolute Gasteiger partial charge is 0.416 e. The van der Waals surface area contributed by atoms with Crippen molar-refractivity contribution < 1.29 is 26.4 Å². The van der Waals surface area contributed by atoms with Crippen LogP contribution in [0.1, 0.15) is 21.5 Å². The molecule has 7 nitrogen and oxygen atoms in total. The fourth-order valence-electron chi connectivity index (χ4n) is 2.65. The van der Waals surface area contributed by atoms with Gasteiger partial charge >= 0.3 is 6.18 Å². The SMILES string of the molecule is Cc1cc(N(C)c2ccc(C(F)(F)F)cc2)c(S(C)(=O)=O)cc1C(=O)N=C(N)N.Cl. The Bertz CT molecular complexity index is 1080. The minimum atomic E-state index is -4.49. The van der Waals surface area contributed by atoms with Gasteiger partial charge in [-0.1, -0.05) is 0 Å². The van der Waals surface area contributed by atoms with E-state index < -0.39 is 33.4 Å². The summed E-state index contributed by atoms with van der Waals surface area (Å²) in [5.74, 6) is -1.28. The highest BCUT2D eigenvalue weighted by Gasteiger charge is 2.30. The standard InChI is InChI=1S/C18H19F3N4O3S.ClH/c1-10-8-14(25(2)12-6-4-11(5-7-12)18(19,20)21)15(29(3,27)28)9-13(10)16(26)24-17(22)23;/h4-9H,1-3H3,(H4,22,23,24,26);1H. The summed E-state index contributed by atoms with van der Waals surface area (Å²) in [5, 5.41) is 0. The molecule has 0 saturated heterocycles. The van der Waals surface area contributed by atoms with Crippen LogP contribution in [0.3, 0.4) is 0 Å². The maximum absolute atomic E-state index is 12.8. The molecule has 0 atom stereocenters. The van der Waals surface area contributed by atoms with Crippen LogP contribution in [0.5, 0.6) is 0 Å². The van der Waals surface area contributed by atoms with Crippen molar-refractivity contribution in [3.8, 4) is 0 Å². The van der Waals surface area contributed by atoms with Gasteiger partial charge in [0.25, 0.3) is 5.91 Å². The lowest BCUT2D eigenvalue weighted by Gasteiger charge is -2.24. The number of guanidine groups is 1. The van der Waals surface area contributed by atoms with Crippen molar-refractivity contribution in [2.75, 3.05) is 18.2 Å². The summed E-state index contributed by atoms with van der Waals surface area (Å²) in [6.07, 6.45) is -3.53. The molecular formula is C18H20ClF3N4O3S. The monoisotopic (exact) mass is 464 g/mol. The molecule has 0 aromatic heterocycles. The van der Waals surface area contributed by atoms with E-state index in [1.165, 1.54) is 30.1 Å². The van der Waals surface area contributed by atoms with Crippen molar-refractivity contribution in [2.24, 2.45) is 16.5 Å². The number of alkyl halides is 3. The minimum Gasteiger partial charge on any atom is -0.370 e. The second-order valence-electron chi connectivity index (χ2n) is 6.35. The molecule has 2 rings (SSSR count). The number of benzene rings is 2. The van der Waals surface area contributed by atoms with Gasteiger partial charge in [0, 0.05) is 24.6 Å². The predicted molar refractivity (Wildman–Crippen MR) is 111 cm³/mol.